The molecule has 0 saturated carbocycles. The normalized spacial score (nSPS) is 10.3. The minimum absolute atomic E-state index is 0.0926. The summed E-state index contributed by atoms with van der Waals surface area (Å²) in [6.07, 6.45) is 6.28. The van der Waals surface area contributed by atoms with Crippen molar-refractivity contribution in [2.45, 2.75) is 38.5 Å². The van der Waals surface area contributed by atoms with Gasteiger partial charge in [-0.05, 0) is 25.0 Å². The molecule has 20 heavy (non-hydrogen) atoms. The van der Waals surface area contributed by atoms with Crippen LogP contribution in [0.5, 0.6) is 0 Å². The van der Waals surface area contributed by atoms with E-state index in [1.165, 1.54) is 32.1 Å². The smallest absolute Gasteiger partial charge is 0.305 e. The molecule has 0 amide bonds. The standard InChI is InChI=1S/C16H25NO2S/c1-17(15-11-7-6-8-12-15)20-14-10-5-3-4-9-13-16(18)19-2/h6-8,11-12H,3-5,9-10,13-14H2,1-2H3. The van der Waals surface area contributed by atoms with Crippen LogP contribution in [0.4, 0.5) is 5.69 Å². The first-order valence-electron chi connectivity index (χ1n) is 7.22. The van der Waals surface area contributed by atoms with Crippen molar-refractivity contribution in [3.8, 4) is 0 Å². The summed E-state index contributed by atoms with van der Waals surface area (Å²) in [5.74, 6) is 1.05. The second-order valence-electron chi connectivity index (χ2n) is 4.76. The first-order valence-corrected chi connectivity index (χ1v) is 8.17. The summed E-state index contributed by atoms with van der Waals surface area (Å²) in [5, 5.41) is 0. The Labute approximate surface area is 126 Å². The van der Waals surface area contributed by atoms with Crippen LogP contribution in [0.15, 0.2) is 30.3 Å². The third kappa shape index (κ3) is 7.43. The number of hydrogen-bond acceptors (Lipinski definition) is 4. The first kappa shape index (κ1) is 16.9. The molecule has 0 fully saturated rings. The van der Waals surface area contributed by atoms with E-state index in [9.17, 15) is 4.79 Å². The number of anilines is 1. The topological polar surface area (TPSA) is 29.5 Å². The quantitative estimate of drug-likeness (QED) is 0.366. The fraction of sp³-hybridized carbons (Fsp3) is 0.562. The van der Waals surface area contributed by atoms with Crippen LogP contribution in [-0.2, 0) is 9.53 Å². The van der Waals surface area contributed by atoms with E-state index in [4.69, 9.17) is 0 Å². The number of rotatable bonds is 10. The lowest BCUT2D eigenvalue weighted by molar-refractivity contribution is -0.140. The van der Waals surface area contributed by atoms with E-state index in [1.807, 2.05) is 18.0 Å². The number of esters is 1. The van der Waals surface area contributed by atoms with Crippen molar-refractivity contribution in [1.29, 1.82) is 0 Å². The third-order valence-corrected chi connectivity index (χ3v) is 4.23. The van der Waals surface area contributed by atoms with Crippen LogP contribution in [0, 0.1) is 0 Å². The van der Waals surface area contributed by atoms with Gasteiger partial charge >= 0.3 is 5.97 Å². The Kier molecular flexibility index (Phi) is 8.96. The monoisotopic (exact) mass is 295 g/mol. The maximum atomic E-state index is 10.9. The van der Waals surface area contributed by atoms with Crippen LogP contribution >= 0.6 is 11.9 Å². The number of nitrogens with zero attached hydrogens (tertiary/aromatic N) is 1. The van der Waals surface area contributed by atoms with Crippen LogP contribution in [0.3, 0.4) is 0 Å². The van der Waals surface area contributed by atoms with Crippen molar-refractivity contribution in [3.63, 3.8) is 0 Å². The summed E-state index contributed by atoms with van der Waals surface area (Å²) in [7, 11) is 3.55. The van der Waals surface area contributed by atoms with E-state index in [0.29, 0.717) is 6.42 Å². The number of hydrogen-bond donors (Lipinski definition) is 0. The van der Waals surface area contributed by atoms with Crippen molar-refractivity contribution >= 4 is 23.6 Å². The van der Waals surface area contributed by atoms with E-state index in [-0.39, 0.29) is 5.97 Å². The van der Waals surface area contributed by atoms with Gasteiger partial charge in [0.05, 0.1) is 7.11 Å². The van der Waals surface area contributed by atoms with Gasteiger partial charge in [0.25, 0.3) is 0 Å². The zero-order chi connectivity index (χ0) is 14.6. The second-order valence-corrected chi connectivity index (χ2v) is 5.97. The number of para-hydroxylation sites is 1. The minimum Gasteiger partial charge on any atom is -0.469 e. The lowest BCUT2D eigenvalue weighted by Crippen LogP contribution is -2.07. The van der Waals surface area contributed by atoms with Crippen molar-refractivity contribution in [2.75, 3.05) is 24.2 Å². The molecular formula is C16H25NO2S. The van der Waals surface area contributed by atoms with E-state index >= 15 is 0 Å². The summed E-state index contributed by atoms with van der Waals surface area (Å²) in [6, 6.07) is 10.4. The third-order valence-electron chi connectivity index (χ3n) is 3.16. The van der Waals surface area contributed by atoms with Crippen LogP contribution in [0.2, 0.25) is 0 Å². The SMILES string of the molecule is COC(=O)CCCCCCCSN(C)c1ccccc1. The van der Waals surface area contributed by atoms with E-state index < -0.39 is 0 Å². The second kappa shape index (κ2) is 10.6. The molecule has 0 bridgehead atoms. The van der Waals surface area contributed by atoms with Crippen LogP contribution < -0.4 is 4.31 Å². The number of benzene rings is 1. The zero-order valence-corrected chi connectivity index (χ0v) is 13.3. The Bertz CT molecular complexity index is 370. The molecule has 0 aliphatic rings. The molecule has 1 rings (SSSR count). The number of unbranched alkanes of at least 4 members (excludes halogenated alkanes) is 4. The molecule has 112 valence electrons. The van der Waals surface area contributed by atoms with Gasteiger partial charge in [-0.25, -0.2) is 0 Å². The molecule has 0 heterocycles. The first-order chi connectivity index (χ1) is 9.74. The lowest BCUT2D eigenvalue weighted by Gasteiger charge is -2.17. The van der Waals surface area contributed by atoms with Gasteiger partial charge in [-0.15, -0.1) is 0 Å². The van der Waals surface area contributed by atoms with Crippen molar-refractivity contribution in [2.24, 2.45) is 0 Å². The Morgan fingerprint density at radius 3 is 2.45 bits per heavy atom. The van der Waals surface area contributed by atoms with Gasteiger partial charge in [0, 0.05) is 24.9 Å². The van der Waals surface area contributed by atoms with E-state index in [0.717, 1.165) is 18.6 Å². The molecule has 0 aliphatic heterocycles. The molecule has 0 N–H and O–H groups in total. The number of carbonyl (C=O) groups is 1. The highest BCUT2D eigenvalue weighted by Gasteiger charge is 2.01. The summed E-state index contributed by atoms with van der Waals surface area (Å²) >= 11 is 1.86. The van der Waals surface area contributed by atoms with Crippen molar-refractivity contribution in [1.82, 2.24) is 0 Å². The Morgan fingerprint density at radius 2 is 1.75 bits per heavy atom. The van der Waals surface area contributed by atoms with Crippen LogP contribution in [0.25, 0.3) is 0 Å². The average Bonchev–Trinajstić information content (AvgIpc) is 2.50. The fourth-order valence-electron chi connectivity index (χ4n) is 1.92. The molecule has 1 aromatic carbocycles. The Balaban J connectivity index is 1.96. The van der Waals surface area contributed by atoms with Gasteiger partial charge in [-0.3, -0.25) is 4.79 Å². The molecule has 0 saturated heterocycles. The molecule has 1 aromatic rings. The Hall–Kier alpha value is -1.16. The number of ether oxygens (including phenoxy) is 1. The summed E-state index contributed by atoms with van der Waals surface area (Å²) in [6.45, 7) is 0. The highest BCUT2D eigenvalue weighted by atomic mass is 32.2. The Morgan fingerprint density at radius 1 is 1.10 bits per heavy atom. The van der Waals surface area contributed by atoms with Gasteiger partial charge in [-0.1, -0.05) is 49.4 Å². The molecule has 0 unspecified atom stereocenters. The van der Waals surface area contributed by atoms with Gasteiger partial charge in [0.15, 0.2) is 0 Å². The average molecular weight is 295 g/mol. The molecule has 0 radical (unpaired) electrons. The van der Waals surface area contributed by atoms with Gasteiger partial charge in [0.2, 0.25) is 0 Å². The summed E-state index contributed by atoms with van der Waals surface area (Å²) in [5.41, 5.74) is 1.25. The molecule has 3 nitrogen and oxygen atoms in total. The summed E-state index contributed by atoms with van der Waals surface area (Å²) in [4.78, 5) is 10.9. The highest BCUT2D eigenvalue weighted by Crippen LogP contribution is 2.20. The molecule has 0 atom stereocenters. The number of carbonyl (C=O) groups excluding carboxylic acids is 1. The van der Waals surface area contributed by atoms with Crippen LogP contribution in [0.1, 0.15) is 38.5 Å². The van der Waals surface area contributed by atoms with Crippen molar-refractivity contribution in [3.05, 3.63) is 30.3 Å². The number of methoxy groups -OCH3 is 1. The van der Waals surface area contributed by atoms with Crippen molar-refractivity contribution < 1.29 is 9.53 Å². The van der Waals surface area contributed by atoms with Gasteiger partial charge in [0.1, 0.15) is 0 Å². The van der Waals surface area contributed by atoms with Gasteiger partial charge < -0.3 is 9.04 Å². The largest absolute Gasteiger partial charge is 0.469 e. The minimum atomic E-state index is -0.0926. The maximum Gasteiger partial charge on any atom is 0.305 e. The predicted octanol–water partition coefficient (Wildman–Crippen LogP) is 4.28. The van der Waals surface area contributed by atoms with Crippen LogP contribution in [-0.4, -0.2) is 25.9 Å². The highest BCUT2D eigenvalue weighted by molar-refractivity contribution is 8.00. The molecule has 0 aliphatic carbocycles. The van der Waals surface area contributed by atoms with Gasteiger partial charge in [-0.2, -0.15) is 0 Å². The lowest BCUT2D eigenvalue weighted by atomic mass is 10.1. The van der Waals surface area contributed by atoms with E-state index in [1.54, 1.807) is 0 Å². The fourth-order valence-corrected chi connectivity index (χ4v) is 2.80. The van der Waals surface area contributed by atoms with E-state index in [2.05, 4.69) is 40.4 Å². The molecule has 4 heteroatoms. The molecule has 0 aromatic heterocycles. The molecular weight excluding hydrogens is 270 g/mol. The predicted molar refractivity (Wildman–Crippen MR) is 87.0 cm³/mol. The molecule has 0 spiro atoms. The maximum absolute atomic E-state index is 10.9. The zero-order valence-electron chi connectivity index (χ0n) is 12.5. The summed E-state index contributed by atoms with van der Waals surface area (Å²) < 4.78 is 6.84.